The molecule has 1 aliphatic rings. The van der Waals surface area contributed by atoms with Crippen molar-refractivity contribution in [3.63, 3.8) is 0 Å². The van der Waals surface area contributed by atoms with Crippen molar-refractivity contribution >= 4 is 23.9 Å². The van der Waals surface area contributed by atoms with Crippen molar-refractivity contribution in [3.05, 3.63) is 36.0 Å². The van der Waals surface area contributed by atoms with Gasteiger partial charge in [0, 0.05) is 44.6 Å². The lowest BCUT2D eigenvalue weighted by Crippen LogP contribution is -2.39. The number of carbonyl (C=O) groups excluding carboxylic acids is 4. The number of methoxy groups -OCH3 is 1. The number of hydrogen-bond acceptors (Lipinski definition) is 7. The Kier molecular flexibility index (Phi) is 14.2. The lowest BCUT2D eigenvalue weighted by atomic mass is 9.87. The smallest absolute Gasteiger partial charge is 0.226 e. The predicted octanol–water partition coefficient (Wildman–Crippen LogP) is 2.83. The molecule has 8 heteroatoms. The van der Waals surface area contributed by atoms with Crippen LogP contribution < -0.4 is 5.32 Å². The van der Waals surface area contributed by atoms with Gasteiger partial charge in [-0.1, -0.05) is 44.2 Å². The molecule has 0 aromatic rings. The van der Waals surface area contributed by atoms with Gasteiger partial charge in [0.2, 0.25) is 11.8 Å². The summed E-state index contributed by atoms with van der Waals surface area (Å²) >= 11 is 0. The number of aliphatic hydroxyl groups is 2. The second-order valence-electron chi connectivity index (χ2n) is 9.34. The first-order chi connectivity index (χ1) is 16.6. The summed E-state index contributed by atoms with van der Waals surface area (Å²) in [7, 11) is 1.48. The summed E-state index contributed by atoms with van der Waals surface area (Å²) in [5.74, 6) is -1.45. The third-order valence-corrected chi connectivity index (χ3v) is 6.39. The molecule has 1 fully saturated rings. The van der Waals surface area contributed by atoms with E-state index >= 15 is 0 Å². The Morgan fingerprint density at radius 3 is 2.34 bits per heavy atom. The normalized spacial score (nSPS) is 20.0. The first kappa shape index (κ1) is 30.6. The number of imide groups is 1. The predicted molar refractivity (Wildman–Crippen MR) is 133 cm³/mol. The van der Waals surface area contributed by atoms with E-state index in [4.69, 9.17) is 4.74 Å². The lowest BCUT2D eigenvalue weighted by Gasteiger charge is -2.29. The summed E-state index contributed by atoms with van der Waals surface area (Å²) in [6, 6.07) is 0. The van der Waals surface area contributed by atoms with Gasteiger partial charge in [0.15, 0.2) is 0 Å². The van der Waals surface area contributed by atoms with E-state index in [2.05, 4.69) is 5.32 Å². The summed E-state index contributed by atoms with van der Waals surface area (Å²) in [5.41, 5.74) is 0.600. The summed E-state index contributed by atoms with van der Waals surface area (Å²) < 4.78 is 5.37. The van der Waals surface area contributed by atoms with E-state index < -0.39 is 30.1 Å². The highest BCUT2D eigenvalue weighted by atomic mass is 16.5. The monoisotopic (exact) mass is 491 g/mol. The van der Waals surface area contributed by atoms with Crippen LogP contribution in [0, 0.1) is 17.8 Å². The molecule has 0 spiro atoms. The van der Waals surface area contributed by atoms with Gasteiger partial charge in [0.25, 0.3) is 0 Å². The fraction of sp³-hybridized carbons (Fsp3) is 0.630. The minimum atomic E-state index is -0.963. The molecule has 8 nitrogen and oxygen atoms in total. The minimum absolute atomic E-state index is 0.0176. The summed E-state index contributed by atoms with van der Waals surface area (Å²) in [6.07, 6.45) is 10.4. The van der Waals surface area contributed by atoms with Gasteiger partial charge >= 0.3 is 0 Å². The third-order valence-electron chi connectivity index (χ3n) is 6.39. The number of hydrogen-bond donors (Lipinski definition) is 3. The molecule has 5 unspecified atom stereocenters. The average Bonchev–Trinajstić information content (AvgIpc) is 2.81. The summed E-state index contributed by atoms with van der Waals surface area (Å²) in [5, 5.41) is 23.8. The maximum atomic E-state index is 12.6. The van der Waals surface area contributed by atoms with Crippen molar-refractivity contribution in [2.24, 2.45) is 17.8 Å². The van der Waals surface area contributed by atoms with E-state index in [9.17, 15) is 29.4 Å². The Morgan fingerprint density at radius 2 is 1.74 bits per heavy atom. The molecule has 0 aliphatic carbocycles. The molecule has 5 atom stereocenters. The van der Waals surface area contributed by atoms with E-state index in [0.717, 1.165) is 6.29 Å². The third kappa shape index (κ3) is 11.2. The SMILES string of the molecule is COC(C=CC/C=C/CC=O)C(O)C(C)C(O)C(C)=CC(C)C(=O)CCCC1CC(=O)NC(=O)C1. The summed E-state index contributed by atoms with van der Waals surface area (Å²) in [4.78, 5) is 45.8. The molecule has 1 saturated heterocycles. The van der Waals surface area contributed by atoms with Gasteiger partial charge in [-0.2, -0.15) is 0 Å². The largest absolute Gasteiger partial charge is 0.390 e. The highest BCUT2D eigenvalue weighted by molar-refractivity contribution is 5.97. The van der Waals surface area contributed by atoms with Gasteiger partial charge in [0.05, 0.1) is 12.2 Å². The number of rotatable bonds is 16. The average molecular weight is 492 g/mol. The van der Waals surface area contributed by atoms with Gasteiger partial charge in [-0.15, -0.1) is 0 Å². The molecule has 196 valence electrons. The molecule has 0 bridgehead atoms. The molecule has 0 aromatic heterocycles. The topological polar surface area (TPSA) is 130 Å². The van der Waals surface area contributed by atoms with Crippen molar-refractivity contribution < 1.29 is 34.1 Å². The van der Waals surface area contributed by atoms with Crippen LogP contribution >= 0.6 is 0 Å². The van der Waals surface area contributed by atoms with Crippen LogP contribution in [0.3, 0.4) is 0 Å². The number of aliphatic hydroxyl groups excluding tert-OH is 2. The second-order valence-corrected chi connectivity index (χ2v) is 9.34. The highest BCUT2D eigenvalue weighted by Crippen LogP contribution is 2.23. The van der Waals surface area contributed by atoms with Crippen molar-refractivity contribution in [1.29, 1.82) is 0 Å². The van der Waals surface area contributed by atoms with E-state index in [-0.39, 0.29) is 23.5 Å². The Morgan fingerprint density at radius 1 is 1.11 bits per heavy atom. The lowest BCUT2D eigenvalue weighted by molar-refractivity contribution is -0.135. The van der Waals surface area contributed by atoms with Crippen molar-refractivity contribution in [2.45, 2.75) is 84.0 Å². The summed E-state index contributed by atoms with van der Waals surface area (Å²) in [6.45, 7) is 5.24. The van der Waals surface area contributed by atoms with E-state index in [1.807, 2.05) is 12.2 Å². The number of ketones is 1. The molecule has 3 N–H and O–H groups in total. The molecular weight excluding hydrogens is 450 g/mol. The van der Waals surface area contributed by atoms with Crippen molar-refractivity contribution in [1.82, 2.24) is 5.32 Å². The number of allylic oxidation sites excluding steroid dienone is 4. The van der Waals surface area contributed by atoms with Crippen LogP contribution in [0.5, 0.6) is 0 Å². The number of amides is 2. The first-order valence-electron chi connectivity index (χ1n) is 12.3. The molecule has 0 aromatic carbocycles. The molecule has 1 rings (SSSR count). The minimum Gasteiger partial charge on any atom is -0.390 e. The number of aldehydes is 1. The number of piperidine rings is 1. The maximum Gasteiger partial charge on any atom is 0.226 e. The molecule has 35 heavy (non-hydrogen) atoms. The van der Waals surface area contributed by atoms with Crippen molar-refractivity contribution in [3.8, 4) is 0 Å². The molecule has 0 saturated carbocycles. The molecule has 2 amide bonds. The van der Waals surface area contributed by atoms with Gasteiger partial charge in [-0.25, -0.2) is 0 Å². The Bertz CT molecular complexity index is 785. The van der Waals surface area contributed by atoms with E-state index in [0.29, 0.717) is 50.5 Å². The number of nitrogens with one attached hydrogen (secondary N) is 1. The Hall–Kier alpha value is -2.42. The van der Waals surface area contributed by atoms with Gasteiger partial charge in [0.1, 0.15) is 18.2 Å². The van der Waals surface area contributed by atoms with Crippen molar-refractivity contribution in [2.75, 3.05) is 7.11 Å². The molecule has 0 radical (unpaired) electrons. The fourth-order valence-corrected chi connectivity index (χ4v) is 4.21. The van der Waals surface area contributed by atoms with Crippen LogP contribution in [-0.4, -0.2) is 59.5 Å². The Labute approximate surface area is 208 Å². The number of ether oxygens (including phenoxy) is 1. The van der Waals surface area contributed by atoms with E-state index in [1.54, 1.807) is 39.0 Å². The van der Waals surface area contributed by atoms with Crippen LogP contribution in [0.4, 0.5) is 0 Å². The van der Waals surface area contributed by atoms with Crippen LogP contribution in [0.1, 0.15) is 65.7 Å². The van der Waals surface area contributed by atoms with Crippen LogP contribution in [0.15, 0.2) is 36.0 Å². The maximum absolute atomic E-state index is 12.6. The highest BCUT2D eigenvalue weighted by Gasteiger charge is 2.29. The van der Waals surface area contributed by atoms with E-state index in [1.165, 1.54) is 7.11 Å². The second kappa shape index (κ2) is 16.3. The van der Waals surface area contributed by atoms with Crippen LogP contribution in [-0.2, 0) is 23.9 Å². The standard InChI is InChI=1S/C27H41NO7/c1-18(22(30)12-10-11-21-16-24(31)28-25(32)17-21)15-19(2)26(33)20(3)27(34)23(35-4)13-8-6-5-7-9-14-29/h5,7-8,13-15,18,20-21,23,26-27,33-34H,6,9-12,16-17H2,1-4H3,(H,28,31,32)/b7-5+,13-8?,19-15?. The molecule has 1 aliphatic heterocycles. The van der Waals surface area contributed by atoms with Crippen LogP contribution in [0.2, 0.25) is 0 Å². The number of carbonyl (C=O) groups is 4. The quantitative estimate of drug-likeness (QED) is 0.172. The molecular formula is C27H41NO7. The Balaban J connectivity index is 2.57. The zero-order valence-electron chi connectivity index (χ0n) is 21.3. The zero-order valence-corrected chi connectivity index (χ0v) is 21.3. The number of Topliss-reactive ketones (excluding diaryl/α,β-unsaturated/α-hetero) is 1. The first-order valence-corrected chi connectivity index (χ1v) is 12.3. The van der Waals surface area contributed by atoms with Gasteiger partial charge in [-0.05, 0) is 37.7 Å². The zero-order chi connectivity index (χ0) is 26.4. The fourth-order valence-electron chi connectivity index (χ4n) is 4.21. The van der Waals surface area contributed by atoms with Crippen LogP contribution in [0.25, 0.3) is 0 Å². The van der Waals surface area contributed by atoms with Gasteiger partial charge < -0.3 is 19.7 Å². The molecule has 1 heterocycles. The van der Waals surface area contributed by atoms with Gasteiger partial charge in [-0.3, -0.25) is 19.7 Å².